The Morgan fingerprint density at radius 2 is 1.55 bits per heavy atom. The van der Waals surface area contributed by atoms with E-state index in [4.69, 9.17) is 15.3 Å². The monoisotopic (exact) mass is 288 g/mol. The Hall–Kier alpha value is -2.64. The third-order valence-electron chi connectivity index (χ3n) is 1.65. The maximum atomic E-state index is 10.7. The summed E-state index contributed by atoms with van der Waals surface area (Å²) in [5, 5.41) is 24.4. The van der Waals surface area contributed by atoms with Crippen LogP contribution >= 0.6 is 0 Å². The lowest BCUT2D eigenvalue weighted by Crippen LogP contribution is -2.23. The van der Waals surface area contributed by atoms with Crippen molar-refractivity contribution in [1.29, 1.82) is 0 Å². The van der Waals surface area contributed by atoms with E-state index in [9.17, 15) is 19.2 Å². The van der Waals surface area contributed by atoms with E-state index >= 15 is 0 Å². The fourth-order valence-corrected chi connectivity index (χ4v) is 0.570. The zero-order chi connectivity index (χ0) is 16.5. The minimum Gasteiger partial charge on any atom is -0.481 e. The van der Waals surface area contributed by atoms with Crippen LogP contribution in [0.5, 0.6) is 0 Å². The van der Waals surface area contributed by atoms with Gasteiger partial charge in [0.2, 0.25) is 0 Å². The van der Waals surface area contributed by atoms with Crippen LogP contribution in [0.4, 0.5) is 0 Å². The van der Waals surface area contributed by atoms with Crippen molar-refractivity contribution in [3.05, 3.63) is 24.3 Å². The second-order valence-corrected chi connectivity index (χ2v) is 3.65. The van der Waals surface area contributed by atoms with Crippen LogP contribution in [0.1, 0.15) is 20.3 Å². The van der Waals surface area contributed by atoms with Gasteiger partial charge in [0.25, 0.3) is 0 Å². The summed E-state index contributed by atoms with van der Waals surface area (Å²) in [7, 11) is 0. The molecule has 0 aliphatic heterocycles. The van der Waals surface area contributed by atoms with Gasteiger partial charge in [0, 0.05) is 11.1 Å². The Balaban J connectivity index is 0. The topological polar surface area (TPSA) is 138 Å². The summed E-state index contributed by atoms with van der Waals surface area (Å²) in [6.07, 6.45) is -1.62. The van der Waals surface area contributed by atoms with Gasteiger partial charge in [-0.25, -0.2) is 14.4 Å². The molecule has 112 valence electrons. The van der Waals surface area contributed by atoms with Crippen LogP contribution < -0.4 is 0 Å². The van der Waals surface area contributed by atoms with Crippen molar-refractivity contribution in [2.24, 2.45) is 0 Å². The van der Waals surface area contributed by atoms with Crippen molar-refractivity contribution in [2.45, 2.75) is 26.4 Å². The number of carbonyl (C=O) groups is 4. The number of hydrogen-bond acceptors (Lipinski definition) is 5. The second kappa shape index (κ2) is 9.31. The smallest absolute Gasteiger partial charge is 0.344 e. The fraction of sp³-hybridized carbons (Fsp3) is 0.333. The van der Waals surface area contributed by atoms with Crippen LogP contribution in [0.3, 0.4) is 0 Å². The molecule has 0 aliphatic rings. The first-order valence-corrected chi connectivity index (χ1v) is 5.21. The van der Waals surface area contributed by atoms with Gasteiger partial charge in [-0.3, -0.25) is 4.79 Å². The van der Waals surface area contributed by atoms with E-state index < -0.39 is 36.4 Å². The molecule has 0 amide bonds. The molecule has 0 aromatic carbocycles. The molecule has 0 aromatic rings. The van der Waals surface area contributed by atoms with E-state index in [0.29, 0.717) is 0 Å². The van der Waals surface area contributed by atoms with E-state index in [2.05, 4.69) is 17.9 Å². The minimum atomic E-state index is -1.27. The van der Waals surface area contributed by atoms with Gasteiger partial charge in [0.1, 0.15) is 0 Å². The molecule has 1 unspecified atom stereocenters. The van der Waals surface area contributed by atoms with Gasteiger partial charge in [-0.15, -0.1) is 0 Å². The first-order valence-electron chi connectivity index (χ1n) is 5.21. The highest BCUT2D eigenvalue weighted by Crippen LogP contribution is 1.97. The Kier molecular flexibility index (Phi) is 9.17. The maximum Gasteiger partial charge on any atom is 0.344 e. The lowest BCUT2D eigenvalue weighted by molar-refractivity contribution is -0.159. The van der Waals surface area contributed by atoms with Crippen molar-refractivity contribution < 1.29 is 39.2 Å². The number of esters is 1. The normalized spacial score (nSPS) is 10.3. The van der Waals surface area contributed by atoms with E-state index in [1.807, 2.05) is 0 Å². The lowest BCUT2D eigenvalue weighted by atomic mass is 10.2. The van der Waals surface area contributed by atoms with Crippen LogP contribution in [0.15, 0.2) is 24.3 Å². The van der Waals surface area contributed by atoms with Gasteiger partial charge in [-0.05, 0) is 13.8 Å². The Morgan fingerprint density at radius 1 is 1.10 bits per heavy atom. The summed E-state index contributed by atoms with van der Waals surface area (Å²) < 4.78 is 4.44. The first-order chi connectivity index (χ1) is 8.98. The highest BCUT2D eigenvalue weighted by atomic mass is 16.6. The zero-order valence-electron chi connectivity index (χ0n) is 11.1. The molecule has 8 heteroatoms. The van der Waals surface area contributed by atoms with Gasteiger partial charge in [-0.2, -0.15) is 0 Å². The molecule has 0 rings (SSSR count). The molecule has 3 N–H and O–H groups in total. The van der Waals surface area contributed by atoms with Gasteiger partial charge in [-0.1, -0.05) is 13.2 Å². The van der Waals surface area contributed by atoms with Crippen molar-refractivity contribution in [1.82, 2.24) is 0 Å². The quantitative estimate of drug-likeness (QED) is 0.479. The number of carbonyl (C=O) groups excluding carboxylic acids is 1. The average Bonchev–Trinajstić information content (AvgIpc) is 2.28. The third kappa shape index (κ3) is 10.5. The molecule has 0 saturated carbocycles. The SMILES string of the molecule is C=C(C)C(=O)OC(C)C(=O)O.C=C(CC(=O)O)C(=O)O. The first kappa shape index (κ1) is 19.7. The molecule has 0 bridgehead atoms. The molecule has 0 radical (unpaired) electrons. The van der Waals surface area contributed by atoms with Crippen LogP contribution in [0, 0.1) is 0 Å². The summed E-state index contributed by atoms with van der Waals surface area (Å²) in [5.74, 6) is -4.29. The van der Waals surface area contributed by atoms with Crippen LogP contribution in [0.25, 0.3) is 0 Å². The van der Waals surface area contributed by atoms with Crippen LogP contribution in [-0.2, 0) is 23.9 Å². The minimum absolute atomic E-state index is 0.193. The summed E-state index contributed by atoms with van der Waals surface area (Å²) in [4.78, 5) is 40.5. The predicted octanol–water partition coefficient (Wildman–Crippen LogP) is 0.681. The predicted molar refractivity (Wildman–Crippen MR) is 67.0 cm³/mol. The molecule has 1 atom stereocenters. The maximum absolute atomic E-state index is 10.7. The molecule has 20 heavy (non-hydrogen) atoms. The molecular weight excluding hydrogens is 272 g/mol. The summed E-state index contributed by atoms with van der Waals surface area (Å²) >= 11 is 0. The van der Waals surface area contributed by atoms with E-state index in [1.165, 1.54) is 13.8 Å². The van der Waals surface area contributed by atoms with Gasteiger partial charge < -0.3 is 20.1 Å². The number of carboxylic acid groups (broad SMARTS) is 3. The van der Waals surface area contributed by atoms with Crippen molar-refractivity contribution in [3.63, 3.8) is 0 Å². The Morgan fingerprint density at radius 3 is 1.75 bits per heavy atom. The molecule has 0 aliphatic carbocycles. The highest BCUT2D eigenvalue weighted by molar-refractivity contribution is 5.91. The molecule has 0 fully saturated rings. The summed E-state index contributed by atoms with van der Waals surface area (Å²) in [6.45, 7) is 9.05. The van der Waals surface area contributed by atoms with Crippen molar-refractivity contribution in [2.75, 3.05) is 0 Å². The molecule has 0 aromatic heterocycles. The lowest BCUT2D eigenvalue weighted by Gasteiger charge is -2.07. The summed E-state index contributed by atoms with van der Waals surface area (Å²) in [6, 6.07) is 0. The Labute approximate surface area is 115 Å². The molecule has 8 nitrogen and oxygen atoms in total. The molecular formula is C12H16O8. The van der Waals surface area contributed by atoms with Gasteiger partial charge in [0.05, 0.1) is 6.42 Å². The largest absolute Gasteiger partial charge is 0.481 e. The number of carboxylic acids is 3. The second-order valence-electron chi connectivity index (χ2n) is 3.65. The van der Waals surface area contributed by atoms with E-state index in [1.54, 1.807) is 0 Å². The third-order valence-corrected chi connectivity index (χ3v) is 1.65. The van der Waals surface area contributed by atoms with E-state index in [0.717, 1.165) is 0 Å². The van der Waals surface area contributed by atoms with Crippen molar-refractivity contribution in [3.8, 4) is 0 Å². The van der Waals surface area contributed by atoms with Crippen molar-refractivity contribution >= 4 is 23.9 Å². The number of ether oxygens (including phenoxy) is 1. The molecule has 0 saturated heterocycles. The molecule has 0 spiro atoms. The van der Waals surface area contributed by atoms with Crippen LogP contribution in [0.2, 0.25) is 0 Å². The zero-order valence-corrected chi connectivity index (χ0v) is 11.1. The fourth-order valence-electron chi connectivity index (χ4n) is 0.570. The number of hydrogen-bond donors (Lipinski definition) is 3. The van der Waals surface area contributed by atoms with E-state index in [-0.39, 0.29) is 11.1 Å². The van der Waals surface area contributed by atoms with Crippen LogP contribution in [-0.4, -0.2) is 45.3 Å². The molecule has 0 heterocycles. The Bertz CT molecular complexity index is 435. The number of aliphatic carboxylic acids is 3. The standard InChI is InChI=1S/C7H10O4.C5H6O4/c1-4(2)7(10)11-5(3)6(8)9;1-3(5(8)9)2-4(6)7/h5H,1H2,2-3H3,(H,8,9);1-2H2,(H,6,7)(H,8,9). The van der Waals surface area contributed by atoms with Gasteiger partial charge >= 0.3 is 23.9 Å². The highest BCUT2D eigenvalue weighted by Gasteiger charge is 2.15. The average molecular weight is 288 g/mol. The summed E-state index contributed by atoms with van der Waals surface area (Å²) in [5.41, 5.74) is -0.111. The van der Waals surface area contributed by atoms with Gasteiger partial charge in [0.15, 0.2) is 6.10 Å². The number of rotatable bonds is 6.